The lowest BCUT2D eigenvalue weighted by Gasteiger charge is -2.16. The van der Waals surface area contributed by atoms with Crippen LogP contribution in [0.1, 0.15) is 24.2 Å². The summed E-state index contributed by atoms with van der Waals surface area (Å²) in [4.78, 5) is 37.6. The van der Waals surface area contributed by atoms with Gasteiger partial charge < -0.3 is 29.4 Å². The lowest BCUT2D eigenvalue weighted by molar-refractivity contribution is -0.122. The van der Waals surface area contributed by atoms with Gasteiger partial charge in [0.1, 0.15) is 11.6 Å². The van der Waals surface area contributed by atoms with E-state index in [1.807, 2.05) is 6.92 Å². The largest absolute Gasteiger partial charge is 0.454 e. The smallest absolute Gasteiger partial charge is 0.257 e. The summed E-state index contributed by atoms with van der Waals surface area (Å²) in [5.74, 6) is 0.0647. The van der Waals surface area contributed by atoms with Gasteiger partial charge in [-0.15, -0.1) is 0 Å². The first-order valence-electron chi connectivity index (χ1n) is 9.00. The molecule has 150 valence electrons. The number of ether oxygens (including phenoxy) is 3. The molecule has 1 atom stereocenters. The van der Waals surface area contributed by atoms with Crippen molar-refractivity contribution in [3.8, 4) is 11.5 Å². The Hall–Kier alpha value is -3.07. The molecule has 0 saturated heterocycles. The van der Waals surface area contributed by atoms with Gasteiger partial charge in [-0.25, -0.2) is 0 Å². The number of fused-ring (bicyclic) bond motifs is 2. The summed E-state index contributed by atoms with van der Waals surface area (Å²) in [6.45, 7) is 4.80. The fourth-order valence-corrected chi connectivity index (χ4v) is 2.97. The lowest BCUT2D eigenvalue weighted by atomic mass is 10.1. The van der Waals surface area contributed by atoms with Gasteiger partial charge in [-0.1, -0.05) is 0 Å². The minimum Gasteiger partial charge on any atom is -0.454 e. The van der Waals surface area contributed by atoms with Gasteiger partial charge >= 0.3 is 0 Å². The number of rotatable bonds is 7. The van der Waals surface area contributed by atoms with Crippen LogP contribution in [0.2, 0.25) is 0 Å². The van der Waals surface area contributed by atoms with Crippen molar-refractivity contribution in [2.24, 2.45) is 0 Å². The van der Waals surface area contributed by atoms with E-state index < -0.39 is 17.4 Å². The zero-order valence-electron chi connectivity index (χ0n) is 16.0. The number of aromatic nitrogens is 1. The van der Waals surface area contributed by atoms with Gasteiger partial charge in [0.05, 0.1) is 17.5 Å². The Morgan fingerprint density at radius 3 is 2.68 bits per heavy atom. The number of hydrogen-bond donors (Lipinski definition) is 2. The normalized spacial score (nSPS) is 13.4. The quantitative estimate of drug-likeness (QED) is 0.673. The van der Waals surface area contributed by atoms with Crippen molar-refractivity contribution in [1.82, 2.24) is 15.2 Å². The maximum atomic E-state index is 12.9. The zero-order chi connectivity index (χ0) is 20.3. The number of aryl methyl sites for hydroxylation is 1. The number of hydrogen-bond acceptors (Lipinski definition) is 6. The minimum absolute atomic E-state index is 0.0373. The molecule has 1 aromatic carbocycles. The molecule has 1 aromatic heterocycles. The number of carbonyl (C=O) groups excluding carboxylic acids is 2. The van der Waals surface area contributed by atoms with Gasteiger partial charge in [-0.05, 0) is 19.9 Å². The van der Waals surface area contributed by atoms with E-state index >= 15 is 0 Å². The number of benzene rings is 1. The average molecular weight is 389 g/mol. The van der Waals surface area contributed by atoms with Crippen molar-refractivity contribution in [1.29, 1.82) is 0 Å². The van der Waals surface area contributed by atoms with Crippen molar-refractivity contribution in [3.63, 3.8) is 0 Å². The highest BCUT2D eigenvalue weighted by Crippen LogP contribution is 2.35. The van der Waals surface area contributed by atoms with Crippen LogP contribution in [0, 0.1) is 0 Å². The van der Waals surface area contributed by atoms with E-state index in [0.29, 0.717) is 42.1 Å². The third-order valence-electron chi connectivity index (χ3n) is 4.51. The third kappa shape index (κ3) is 3.79. The summed E-state index contributed by atoms with van der Waals surface area (Å²) in [7, 11) is 1.53. The van der Waals surface area contributed by atoms with Crippen LogP contribution in [0.15, 0.2) is 23.1 Å². The second-order valence-electron chi connectivity index (χ2n) is 6.36. The highest BCUT2D eigenvalue weighted by atomic mass is 16.7. The SMILES string of the molecule is CCn1cc(C(=O)N[C@@H](C)C(=O)NCCOC)c(=O)c2cc3c(cc21)OCO3. The Bertz CT molecular complexity index is 968. The Balaban J connectivity index is 1.89. The Morgan fingerprint density at radius 2 is 2.00 bits per heavy atom. The number of methoxy groups -OCH3 is 1. The molecule has 0 saturated carbocycles. The standard InChI is InChI=1S/C19H23N3O6/c1-4-22-9-13(19(25)21-11(2)18(24)20-5-6-26-3)17(23)12-7-15-16(8-14(12)22)28-10-27-15/h7-9,11H,4-6,10H2,1-3H3,(H,20,24)(H,21,25)/t11-/m0/s1. The van der Waals surface area contributed by atoms with Crippen LogP contribution in [0.5, 0.6) is 11.5 Å². The van der Waals surface area contributed by atoms with Crippen LogP contribution in [0.25, 0.3) is 10.9 Å². The van der Waals surface area contributed by atoms with E-state index in [-0.39, 0.29) is 18.3 Å². The average Bonchev–Trinajstić information content (AvgIpc) is 3.14. The molecule has 2 heterocycles. The molecule has 2 N–H and O–H groups in total. The van der Waals surface area contributed by atoms with Crippen LogP contribution in [0.4, 0.5) is 0 Å². The van der Waals surface area contributed by atoms with Gasteiger partial charge in [-0.3, -0.25) is 14.4 Å². The van der Waals surface area contributed by atoms with E-state index in [1.165, 1.54) is 13.3 Å². The number of pyridine rings is 1. The summed E-state index contributed by atoms with van der Waals surface area (Å²) < 4.78 is 17.4. The van der Waals surface area contributed by atoms with Crippen molar-refractivity contribution in [2.75, 3.05) is 27.1 Å². The first-order valence-corrected chi connectivity index (χ1v) is 9.00. The highest BCUT2D eigenvalue weighted by Gasteiger charge is 2.22. The molecule has 1 aliphatic rings. The van der Waals surface area contributed by atoms with E-state index in [2.05, 4.69) is 10.6 Å². The van der Waals surface area contributed by atoms with Crippen molar-refractivity contribution in [2.45, 2.75) is 26.4 Å². The monoisotopic (exact) mass is 389 g/mol. The first-order chi connectivity index (χ1) is 13.5. The molecule has 0 unspecified atom stereocenters. The fraction of sp³-hybridized carbons (Fsp3) is 0.421. The maximum Gasteiger partial charge on any atom is 0.257 e. The molecule has 0 fully saturated rings. The number of nitrogens with zero attached hydrogens (tertiary/aromatic N) is 1. The molecular formula is C19H23N3O6. The van der Waals surface area contributed by atoms with Crippen molar-refractivity contribution < 1.29 is 23.8 Å². The van der Waals surface area contributed by atoms with Crippen LogP contribution in [-0.4, -0.2) is 49.5 Å². The summed E-state index contributed by atoms with van der Waals surface area (Å²) >= 11 is 0. The van der Waals surface area contributed by atoms with Gasteiger partial charge in [0.25, 0.3) is 5.91 Å². The molecule has 1 aliphatic heterocycles. The molecule has 2 amide bonds. The molecule has 9 nitrogen and oxygen atoms in total. The summed E-state index contributed by atoms with van der Waals surface area (Å²) in [5, 5.41) is 5.57. The Morgan fingerprint density at radius 1 is 1.29 bits per heavy atom. The molecule has 0 radical (unpaired) electrons. The van der Waals surface area contributed by atoms with Crippen LogP contribution in [-0.2, 0) is 16.1 Å². The van der Waals surface area contributed by atoms with Gasteiger partial charge in [0.15, 0.2) is 11.5 Å². The second-order valence-corrected chi connectivity index (χ2v) is 6.36. The van der Waals surface area contributed by atoms with Crippen LogP contribution >= 0.6 is 0 Å². The predicted molar refractivity (Wildman–Crippen MR) is 102 cm³/mol. The fourth-order valence-electron chi connectivity index (χ4n) is 2.97. The predicted octanol–water partition coefficient (Wildman–Crippen LogP) is 0.631. The second kappa shape index (κ2) is 8.30. The van der Waals surface area contributed by atoms with E-state index in [1.54, 1.807) is 23.6 Å². The summed E-state index contributed by atoms with van der Waals surface area (Å²) in [6.07, 6.45) is 1.50. The molecule has 0 bridgehead atoms. The van der Waals surface area contributed by atoms with Crippen LogP contribution < -0.4 is 25.5 Å². The van der Waals surface area contributed by atoms with Crippen molar-refractivity contribution >= 4 is 22.7 Å². The summed E-state index contributed by atoms with van der Waals surface area (Å²) in [5.41, 5.74) is 0.186. The Labute approximate surface area is 161 Å². The van der Waals surface area contributed by atoms with E-state index in [9.17, 15) is 14.4 Å². The maximum absolute atomic E-state index is 12.9. The van der Waals surface area contributed by atoms with Crippen LogP contribution in [0.3, 0.4) is 0 Å². The van der Waals surface area contributed by atoms with Gasteiger partial charge in [0, 0.05) is 32.5 Å². The van der Waals surface area contributed by atoms with Crippen molar-refractivity contribution in [3.05, 3.63) is 34.1 Å². The molecule has 9 heteroatoms. The topological polar surface area (TPSA) is 108 Å². The lowest BCUT2D eigenvalue weighted by Crippen LogP contribution is -2.46. The third-order valence-corrected chi connectivity index (χ3v) is 4.51. The van der Waals surface area contributed by atoms with E-state index in [4.69, 9.17) is 14.2 Å². The number of nitrogens with one attached hydrogen (secondary N) is 2. The zero-order valence-corrected chi connectivity index (χ0v) is 16.0. The van der Waals surface area contributed by atoms with E-state index in [0.717, 1.165) is 0 Å². The molecule has 2 aromatic rings. The number of carbonyl (C=O) groups is 2. The molecule has 0 aliphatic carbocycles. The molecular weight excluding hydrogens is 366 g/mol. The molecule has 0 spiro atoms. The summed E-state index contributed by atoms with van der Waals surface area (Å²) in [6, 6.07) is 2.52. The number of amides is 2. The highest BCUT2D eigenvalue weighted by molar-refractivity contribution is 6.00. The minimum atomic E-state index is -0.800. The van der Waals surface area contributed by atoms with Gasteiger partial charge in [0.2, 0.25) is 18.1 Å². The Kier molecular flexibility index (Phi) is 5.84. The molecule has 3 rings (SSSR count). The first kappa shape index (κ1) is 19.7. The molecule has 28 heavy (non-hydrogen) atoms. The van der Waals surface area contributed by atoms with Gasteiger partial charge in [-0.2, -0.15) is 0 Å².